The Hall–Kier alpha value is -0.540. The third kappa shape index (κ3) is 5.09. The number of halogens is 1. The minimum absolute atomic E-state index is 0.318. The number of unbranched alkanes of at least 4 members (excludes halogenated alkanes) is 3. The van der Waals surface area contributed by atoms with Gasteiger partial charge in [-0.2, -0.15) is 0 Å². The quantitative estimate of drug-likeness (QED) is 0.745. The second kappa shape index (κ2) is 7.72. The molecule has 1 aromatic carbocycles. The monoisotopic (exact) mass is 299 g/mol. The summed E-state index contributed by atoms with van der Waals surface area (Å²) >= 11 is 3.51. The Bertz CT molecular complexity index is 329. The lowest BCUT2D eigenvalue weighted by Crippen LogP contribution is -2.05. The van der Waals surface area contributed by atoms with E-state index in [-0.39, 0.29) is 0 Å². The van der Waals surface area contributed by atoms with Crippen LogP contribution in [0.3, 0.4) is 0 Å². The van der Waals surface area contributed by atoms with E-state index in [2.05, 4.69) is 47.2 Å². The molecule has 17 heavy (non-hydrogen) atoms. The zero-order chi connectivity index (χ0) is 12.7. The Morgan fingerprint density at radius 3 is 2.24 bits per heavy atom. The molecule has 0 radical (unpaired) electrons. The topological polar surface area (TPSA) is 32.3 Å². The van der Waals surface area contributed by atoms with Crippen LogP contribution in [0.15, 0.2) is 16.6 Å². The van der Waals surface area contributed by atoms with Crippen molar-refractivity contribution < 1.29 is 5.11 Å². The highest BCUT2D eigenvalue weighted by Gasteiger charge is 2.03. The first kappa shape index (κ1) is 14.5. The molecule has 0 aromatic heterocycles. The second-order valence-corrected chi connectivity index (χ2v) is 5.39. The molecule has 96 valence electrons. The van der Waals surface area contributed by atoms with Gasteiger partial charge in [-0.05, 0) is 49.9 Å². The molecule has 0 saturated carbocycles. The smallest absolute Gasteiger partial charge is 0.0431 e. The summed E-state index contributed by atoms with van der Waals surface area (Å²) in [6, 6.07) is 4.28. The summed E-state index contributed by atoms with van der Waals surface area (Å²) in [5.74, 6) is 0. The van der Waals surface area contributed by atoms with Gasteiger partial charge >= 0.3 is 0 Å². The Kier molecular flexibility index (Phi) is 6.60. The second-order valence-electron chi connectivity index (χ2n) is 4.48. The number of hydrogen-bond acceptors (Lipinski definition) is 2. The van der Waals surface area contributed by atoms with Gasteiger partial charge < -0.3 is 10.4 Å². The SMILES string of the molecule is Cc1cc(Br)cc(C)c1NCCCCCCO. The molecule has 0 amide bonds. The molecule has 2 nitrogen and oxygen atoms in total. The minimum Gasteiger partial charge on any atom is -0.396 e. The van der Waals surface area contributed by atoms with Crippen molar-refractivity contribution in [2.24, 2.45) is 0 Å². The molecule has 0 aliphatic rings. The number of benzene rings is 1. The third-order valence-corrected chi connectivity index (χ3v) is 3.34. The van der Waals surface area contributed by atoms with E-state index >= 15 is 0 Å². The van der Waals surface area contributed by atoms with E-state index in [1.54, 1.807) is 0 Å². The average Bonchev–Trinajstić information content (AvgIpc) is 2.26. The average molecular weight is 300 g/mol. The van der Waals surface area contributed by atoms with E-state index in [1.807, 2.05) is 0 Å². The zero-order valence-corrected chi connectivity index (χ0v) is 12.3. The maximum atomic E-state index is 8.68. The van der Waals surface area contributed by atoms with Crippen LogP contribution in [0.1, 0.15) is 36.8 Å². The number of nitrogens with one attached hydrogen (secondary N) is 1. The van der Waals surface area contributed by atoms with E-state index < -0.39 is 0 Å². The van der Waals surface area contributed by atoms with Crippen molar-refractivity contribution in [1.82, 2.24) is 0 Å². The van der Waals surface area contributed by atoms with Crippen LogP contribution in [0, 0.1) is 13.8 Å². The van der Waals surface area contributed by atoms with Crippen LogP contribution >= 0.6 is 15.9 Å². The Morgan fingerprint density at radius 2 is 1.65 bits per heavy atom. The predicted molar refractivity (Wildman–Crippen MR) is 77.7 cm³/mol. The van der Waals surface area contributed by atoms with Crippen molar-refractivity contribution in [2.45, 2.75) is 39.5 Å². The molecule has 0 spiro atoms. The summed E-state index contributed by atoms with van der Waals surface area (Å²) in [6.45, 7) is 5.59. The molecule has 0 bridgehead atoms. The molecule has 1 rings (SSSR count). The van der Waals surface area contributed by atoms with Gasteiger partial charge in [-0.3, -0.25) is 0 Å². The van der Waals surface area contributed by atoms with E-state index in [1.165, 1.54) is 23.2 Å². The fraction of sp³-hybridized carbons (Fsp3) is 0.571. The maximum Gasteiger partial charge on any atom is 0.0431 e. The number of aliphatic hydroxyl groups excluding tert-OH is 1. The maximum absolute atomic E-state index is 8.68. The lowest BCUT2D eigenvalue weighted by atomic mass is 10.1. The molecule has 0 aliphatic heterocycles. The molecule has 0 aliphatic carbocycles. The van der Waals surface area contributed by atoms with E-state index in [0.717, 1.165) is 30.3 Å². The largest absolute Gasteiger partial charge is 0.396 e. The van der Waals surface area contributed by atoms with Gasteiger partial charge in [0.15, 0.2) is 0 Å². The van der Waals surface area contributed by atoms with Crippen LogP contribution in [-0.4, -0.2) is 18.3 Å². The van der Waals surface area contributed by atoms with Crippen molar-refractivity contribution in [3.8, 4) is 0 Å². The first-order valence-electron chi connectivity index (χ1n) is 6.26. The highest BCUT2D eigenvalue weighted by atomic mass is 79.9. The first-order valence-corrected chi connectivity index (χ1v) is 7.06. The molecular formula is C14H22BrNO. The lowest BCUT2D eigenvalue weighted by molar-refractivity contribution is 0.283. The van der Waals surface area contributed by atoms with Gasteiger partial charge in [-0.15, -0.1) is 0 Å². The van der Waals surface area contributed by atoms with Crippen molar-refractivity contribution >= 4 is 21.6 Å². The molecule has 1 aromatic rings. The Morgan fingerprint density at radius 1 is 1.06 bits per heavy atom. The summed E-state index contributed by atoms with van der Waals surface area (Å²) < 4.78 is 1.14. The Balaban J connectivity index is 2.36. The summed E-state index contributed by atoms with van der Waals surface area (Å²) in [4.78, 5) is 0. The fourth-order valence-corrected chi connectivity index (χ4v) is 2.68. The molecule has 0 atom stereocenters. The van der Waals surface area contributed by atoms with Gasteiger partial charge in [0.25, 0.3) is 0 Å². The molecule has 0 unspecified atom stereocenters. The van der Waals surface area contributed by atoms with Crippen molar-refractivity contribution in [3.63, 3.8) is 0 Å². The van der Waals surface area contributed by atoms with Gasteiger partial charge in [0.05, 0.1) is 0 Å². The predicted octanol–water partition coefficient (Wildman–Crippen LogP) is 4.03. The molecule has 0 fully saturated rings. The lowest BCUT2D eigenvalue weighted by Gasteiger charge is -2.13. The summed E-state index contributed by atoms with van der Waals surface area (Å²) in [5, 5.41) is 12.2. The zero-order valence-electron chi connectivity index (χ0n) is 10.7. The number of anilines is 1. The standard InChI is InChI=1S/C14H22BrNO/c1-11-9-13(15)10-12(2)14(11)16-7-5-3-4-6-8-17/h9-10,16-17H,3-8H2,1-2H3. The Labute approximate surface area is 113 Å². The van der Waals surface area contributed by atoms with Crippen LogP contribution in [-0.2, 0) is 0 Å². The van der Waals surface area contributed by atoms with Crippen molar-refractivity contribution in [3.05, 3.63) is 27.7 Å². The molecule has 0 saturated heterocycles. The number of aliphatic hydroxyl groups is 1. The van der Waals surface area contributed by atoms with Crippen molar-refractivity contribution in [1.29, 1.82) is 0 Å². The summed E-state index contributed by atoms with van der Waals surface area (Å²) in [5.41, 5.74) is 3.83. The molecule has 3 heteroatoms. The van der Waals surface area contributed by atoms with Gasteiger partial charge in [0.1, 0.15) is 0 Å². The van der Waals surface area contributed by atoms with Crippen LogP contribution in [0.5, 0.6) is 0 Å². The van der Waals surface area contributed by atoms with E-state index in [4.69, 9.17) is 5.11 Å². The third-order valence-electron chi connectivity index (χ3n) is 2.88. The van der Waals surface area contributed by atoms with E-state index in [9.17, 15) is 0 Å². The number of aryl methyl sites for hydroxylation is 2. The van der Waals surface area contributed by atoms with Crippen LogP contribution in [0.2, 0.25) is 0 Å². The first-order chi connectivity index (χ1) is 8.15. The molecule has 0 heterocycles. The van der Waals surface area contributed by atoms with Crippen molar-refractivity contribution in [2.75, 3.05) is 18.5 Å². The van der Waals surface area contributed by atoms with Gasteiger partial charge in [0.2, 0.25) is 0 Å². The number of hydrogen-bond donors (Lipinski definition) is 2. The van der Waals surface area contributed by atoms with Crippen LogP contribution in [0.4, 0.5) is 5.69 Å². The normalized spacial score (nSPS) is 10.6. The van der Waals surface area contributed by atoms with Gasteiger partial charge in [-0.25, -0.2) is 0 Å². The molecule has 2 N–H and O–H groups in total. The highest BCUT2D eigenvalue weighted by molar-refractivity contribution is 9.10. The summed E-state index contributed by atoms with van der Waals surface area (Å²) in [6.07, 6.45) is 4.39. The van der Waals surface area contributed by atoms with Crippen LogP contribution in [0.25, 0.3) is 0 Å². The minimum atomic E-state index is 0.318. The highest BCUT2D eigenvalue weighted by Crippen LogP contribution is 2.25. The van der Waals surface area contributed by atoms with Gasteiger partial charge in [0, 0.05) is 23.3 Å². The van der Waals surface area contributed by atoms with E-state index in [0.29, 0.717) is 6.61 Å². The summed E-state index contributed by atoms with van der Waals surface area (Å²) in [7, 11) is 0. The number of rotatable bonds is 7. The van der Waals surface area contributed by atoms with Crippen LogP contribution < -0.4 is 5.32 Å². The fourth-order valence-electron chi connectivity index (χ4n) is 1.99. The van der Waals surface area contributed by atoms with Gasteiger partial charge in [-0.1, -0.05) is 28.8 Å². The molecular weight excluding hydrogens is 278 g/mol.